The summed E-state index contributed by atoms with van der Waals surface area (Å²) in [5.74, 6) is 0. The SMILES string of the molecule is Cc1cc(Br)cc(NCc2cnc3ccccc3n2)c1. The first-order valence-corrected chi connectivity index (χ1v) is 7.22. The van der Waals surface area contributed by atoms with Gasteiger partial charge >= 0.3 is 0 Å². The highest BCUT2D eigenvalue weighted by Gasteiger charge is 2.01. The van der Waals surface area contributed by atoms with Gasteiger partial charge in [-0.1, -0.05) is 28.1 Å². The molecule has 0 aliphatic heterocycles. The molecule has 3 rings (SSSR count). The molecule has 2 aromatic carbocycles. The number of fused-ring (bicyclic) bond motifs is 1. The molecule has 0 unspecified atom stereocenters. The fourth-order valence-corrected chi connectivity index (χ4v) is 2.72. The molecule has 1 heterocycles. The molecule has 3 nitrogen and oxygen atoms in total. The van der Waals surface area contributed by atoms with Gasteiger partial charge in [-0.3, -0.25) is 4.98 Å². The van der Waals surface area contributed by atoms with Crippen molar-refractivity contribution < 1.29 is 0 Å². The lowest BCUT2D eigenvalue weighted by Gasteiger charge is -2.08. The van der Waals surface area contributed by atoms with Crippen LogP contribution < -0.4 is 5.32 Å². The van der Waals surface area contributed by atoms with Crippen LogP contribution in [0.1, 0.15) is 11.3 Å². The van der Waals surface area contributed by atoms with E-state index in [-0.39, 0.29) is 0 Å². The summed E-state index contributed by atoms with van der Waals surface area (Å²) < 4.78 is 1.07. The average molecular weight is 328 g/mol. The zero-order valence-electron chi connectivity index (χ0n) is 11.1. The van der Waals surface area contributed by atoms with Crippen LogP contribution in [-0.4, -0.2) is 9.97 Å². The minimum atomic E-state index is 0.660. The van der Waals surface area contributed by atoms with Crippen LogP contribution in [0.4, 0.5) is 5.69 Å². The molecule has 0 atom stereocenters. The molecule has 0 fully saturated rings. The van der Waals surface area contributed by atoms with Gasteiger partial charge in [0.25, 0.3) is 0 Å². The first kappa shape index (κ1) is 13.1. The summed E-state index contributed by atoms with van der Waals surface area (Å²) in [5, 5.41) is 3.37. The van der Waals surface area contributed by atoms with Gasteiger partial charge < -0.3 is 5.32 Å². The number of aryl methyl sites for hydroxylation is 1. The summed E-state index contributed by atoms with van der Waals surface area (Å²) in [6.07, 6.45) is 1.82. The van der Waals surface area contributed by atoms with Crippen molar-refractivity contribution in [3.05, 3.63) is 64.4 Å². The Morgan fingerprint density at radius 2 is 1.90 bits per heavy atom. The molecular weight excluding hydrogens is 314 g/mol. The molecular formula is C16H14BrN3. The molecule has 0 aliphatic carbocycles. The number of rotatable bonds is 3. The zero-order valence-corrected chi connectivity index (χ0v) is 12.7. The van der Waals surface area contributed by atoms with Crippen LogP contribution in [0.5, 0.6) is 0 Å². The Bertz CT molecular complexity index is 735. The smallest absolute Gasteiger partial charge is 0.0890 e. The number of nitrogens with one attached hydrogen (secondary N) is 1. The van der Waals surface area contributed by atoms with Crippen molar-refractivity contribution in [2.75, 3.05) is 5.32 Å². The Morgan fingerprint density at radius 1 is 1.10 bits per heavy atom. The van der Waals surface area contributed by atoms with Gasteiger partial charge in [0.1, 0.15) is 0 Å². The molecule has 0 saturated heterocycles. The molecule has 4 heteroatoms. The predicted octanol–water partition coefficient (Wildman–Crippen LogP) is 4.31. The topological polar surface area (TPSA) is 37.8 Å². The highest BCUT2D eigenvalue weighted by Crippen LogP contribution is 2.19. The van der Waals surface area contributed by atoms with E-state index in [2.05, 4.69) is 56.3 Å². The monoisotopic (exact) mass is 327 g/mol. The third-order valence-corrected chi connectivity index (χ3v) is 3.47. The highest BCUT2D eigenvalue weighted by atomic mass is 79.9. The predicted molar refractivity (Wildman–Crippen MR) is 85.7 cm³/mol. The first-order chi connectivity index (χ1) is 9.70. The van der Waals surface area contributed by atoms with Crippen molar-refractivity contribution in [2.45, 2.75) is 13.5 Å². The molecule has 0 radical (unpaired) electrons. The number of aromatic nitrogens is 2. The van der Waals surface area contributed by atoms with Crippen molar-refractivity contribution in [3.63, 3.8) is 0 Å². The zero-order chi connectivity index (χ0) is 13.9. The van der Waals surface area contributed by atoms with Gasteiger partial charge in [-0.05, 0) is 42.8 Å². The van der Waals surface area contributed by atoms with Gasteiger partial charge in [0, 0.05) is 10.2 Å². The van der Waals surface area contributed by atoms with Crippen molar-refractivity contribution in [2.24, 2.45) is 0 Å². The normalized spacial score (nSPS) is 10.7. The van der Waals surface area contributed by atoms with Gasteiger partial charge in [0.2, 0.25) is 0 Å². The molecule has 0 aliphatic rings. The molecule has 0 saturated carbocycles. The van der Waals surface area contributed by atoms with E-state index in [9.17, 15) is 0 Å². The van der Waals surface area contributed by atoms with E-state index in [1.807, 2.05) is 30.5 Å². The number of anilines is 1. The summed E-state index contributed by atoms with van der Waals surface area (Å²) in [5.41, 5.74) is 5.08. The van der Waals surface area contributed by atoms with Gasteiger partial charge in [-0.2, -0.15) is 0 Å². The van der Waals surface area contributed by atoms with Crippen molar-refractivity contribution >= 4 is 32.7 Å². The van der Waals surface area contributed by atoms with Crippen molar-refractivity contribution in [1.29, 1.82) is 0 Å². The van der Waals surface area contributed by atoms with E-state index in [0.29, 0.717) is 6.54 Å². The molecule has 0 spiro atoms. The fourth-order valence-electron chi connectivity index (χ4n) is 2.11. The van der Waals surface area contributed by atoms with Crippen LogP contribution in [0, 0.1) is 6.92 Å². The van der Waals surface area contributed by atoms with E-state index in [4.69, 9.17) is 0 Å². The fraction of sp³-hybridized carbons (Fsp3) is 0.125. The Hall–Kier alpha value is -1.94. The Balaban J connectivity index is 1.79. The van der Waals surface area contributed by atoms with Crippen LogP contribution in [0.25, 0.3) is 11.0 Å². The maximum atomic E-state index is 4.60. The van der Waals surface area contributed by atoms with Crippen LogP contribution in [0.2, 0.25) is 0 Å². The Kier molecular flexibility index (Phi) is 3.65. The Morgan fingerprint density at radius 3 is 2.70 bits per heavy atom. The lowest BCUT2D eigenvalue weighted by atomic mass is 10.2. The summed E-state index contributed by atoms with van der Waals surface area (Å²) in [6, 6.07) is 14.2. The third kappa shape index (κ3) is 2.96. The van der Waals surface area contributed by atoms with Crippen LogP contribution in [0.15, 0.2) is 53.1 Å². The molecule has 3 aromatic rings. The number of benzene rings is 2. The molecule has 0 amide bonds. The van der Waals surface area contributed by atoms with E-state index in [1.165, 1.54) is 5.56 Å². The van der Waals surface area contributed by atoms with E-state index in [0.717, 1.165) is 26.9 Å². The minimum Gasteiger partial charge on any atom is -0.379 e. The van der Waals surface area contributed by atoms with E-state index >= 15 is 0 Å². The average Bonchev–Trinajstić information content (AvgIpc) is 2.44. The lowest BCUT2D eigenvalue weighted by Crippen LogP contribution is -2.02. The van der Waals surface area contributed by atoms with Crippen molar-refractivity contribution in [3.8, 4) is 0 Å². The number of hydrogen-bond donors (Lipinski definition) is 1. The van der Waals surface area contributed by atoms with Crippen LogP contribution in [-0.2, 0) is 6.54 Å². The molecule has 0 bridgehead atoms. The second-order valence-electron chi connectivity index (χ2n) is 4.72. The largest absolute Gasteiger partial charge is 0.379 e. The standard InChI is InChI=1S/C16H14BrN3/c1-11-6-12(17)8-13(7-11)18-9-14-10-19-15-4-2-3-5-16(15)20-14/h2-8,10,18H,9H2,1H3. The third-order valence-electron chi connectivity index (χ3n) is 3.01. The maximum Gasteiger partial charge on any atom is 0.0890 e. The quantitative estimate of drug-likeness (QED) is 0.778. The molecule has 1 N–H and O–H groups in total. The minimum absolute atomic E-state index is 0.660. The van der Waals surface area contributed by atoms with Gasteiger partial charge in [0.15, 0.2) is 0 Å². The lowest BCUT2D eigenvalue weighted by molar-refractivity contribution is 1.04. The van der Waals surface area contributed by atoms with Gasteiger partial charge in [-0.15, -0.1) is 0 Å². The number of hydrogen-bond acceptors (Lipinski definition) is 3. The van der Waals surface area contributed by atoms with E-state index < -0.39 is 0 Å². The number of halogens is 1. The first-order valence-electron chi connectivity index (χ1n) is 6.42. The van der Waals surface area contributed by atoms with Crippen LogP contribution >= 0.6 is 15.9 Å². The number of para-hydroxylation sites is 2. The van der Waals surface area contributed by atoms with Gasteiger partial charge in [0.05, 0.1) is 29.5 Å². The van der Waals surface area contributed by atoms with Crippen molar-refractivity contribution in [1.82, 2.24) is 9.97 Å². The summed E-state index contributed by atoms with van der Waals surface area (Å²) >= 11 is 3.50. The van der Waals surface area contributed by atoms with Crippen LogP contribution in [0.3, 0.4) is 0 Å². The van der Waals surface area contributed by atoms with E-state index in [1.54, 1.807) is 0 Å². The molecule has 1 aromatic heterocycles. The maximum absolute atomic E-state index is 4.60. The van der Waals surface area contributed by atoms with Gasteiger partial charge in [-0.25, -0.2) is 4.98 Å². The summed E-state index contributed by atoms with van der Waals surface area (Å²) in [7, 11) is 0. The summed E-state index contributed by atoms with van der Waals surface area (Å²) in [4.78, 5) is 9.02. The molecule has 20 heavy (non-hydrogen) atoms. The second kappa shape index (κ2) is 5.59. The molecule has 100 valence electrons. The second-order valence-corrected chi connectivity index (χ2v) is 5.64. The summed E-state index contributed by atoms with van der Waals surface area (Å²) in [6.45, 7) is 2.74. The highest BCUT2D eigenvalue weighted by molar-refractivity contribution is 9.10. The Labute approximate surface area is 126 Å². The number of nitrogens with zero attached hydrogens (tertiary/aromatic N) is 2.